The Balaban J connectivity index is 1.22. The molecule has 1 aliphatic heterocycles. The molecular formula is C47H33N3OSi. The van der Waals surface area contributed by atoms with Crippen molar-refractivity contribution < 1.29 is 4.42 Å². The topological polar surface area (TPSA) is 51.8 Å². The highest BCUT2D eigenvalue weighted by Crippen LogP contribution is 2.41. The van der Waals surface area contributed by atoms with Crippen molar-refractivity contribution in [1.29, 1.82) is 0 Å². The van der Waals surface area contributed by atoms with Crippen LogP contribution in [0.1, 0.15) is 0 Å². The van der Waals surface area contributed by atoms with E-state index in [2.05, 4.69) is 140 Å². The van der Waals surface area contributed by atoms with Gasteiger partial charge in [-0.3, -0.25) is 0 Å². The SMILES string of the molecule is C[Si]1(C)c2ccc(-c3ccccc3)cc2-c2c(-c3nc(-c4ccccc4)nc(-c4cccc5oc6ccc(-c7ccccc7)cc6c45)n3)cccc21. The van der Waals surface area contributed by atoms with Crippen LogP contribution in [0.3, 0.4) is 0 Å². The molecule has 0 spiro atoms. The number of fused-ring (bicyclic) bond motifs is 6. The Bertz CT molecular complexity index is 2810. The molecule has 7 aromatic carbocycles. The highest BCUT2D eigenvalue weighted by atomic mass is 28.3. The molecule has 5 heteroatoms. The van der Waals surface area contributed by atoms with E-state index in [9.17, 15) is 0 Å². The molecule has 0 N–H and O–H groups in total. The molecule has 3 heterocycles. The van der Waals surface area contributed by atoms with Gasteiger partial charge >= 0.3 is 0 Å². The van der Waals surface area contributed by atoms with E-state index in [0.29, 0.717) is 17.5 Å². The van der Waals surface area contributed by atoms with E-state index in [1.54, 1.807) is 0 Å². The Morgan fingerprint density at radius 2 is 0.981 bits per heavy atom. The molecule has 10 rings (SSSR count). The summed E-state index contributed by atoms with van der Waals surface area (Å²) in [5.41, 5.74) is 11.7. The lowest BCUT2D eigenvalue weighted by atomic mass is 9.95. The van der Waals surface area contributed by atoms with Gasteiger partial charge < -0.3 is 4.42 Å². The second-order valence-corrected chi connectivity index (χ2v) is 18.3. The minimum Gasteiger partial charge on any atom is -0.456 e. The van der Waals surface area contributed by atoms with Crippen LogP contribution in [0.5, 0.6) is 0 Å². The van der Waals surface area contributed by atoms with Crippen molar-refractivity contribution in [1.82, 2.24) is 15.0 Å². The predicted molar refractivity (Wildman–Crippen MR) is 216 cm³/mol. The summed E-state index contributed by atoms with van der Waals surface area (Å²) in [5.74, 6) is 1.92. The zero-order valence-electron chi connectivity index (χ0n) is 28.8. The standard InChI is InChI=1S/C47H33N3OSi/c1-52(2)41-27-25-34(31-16-8-4-9-17-31)29-38(41)44-36(21-13-23-42(44)52)47-49-45(32-18-10-5-11-19-32)48-46(50-47)35-20-12-22-40-43(35)37-28-33(24-26-39(37)51-40)30-14-6-3-7-15-30/h3-29H,1-2H3. The van der Waals surface area contributed by atoms with Crippen LogP contribution in [0.25, 0.3) is 89.5 Å². The molecule has 0 atom stereocenters. The Labute approximate surface area is 303 Å². The first-order valence-corrected chi connectivity index (χ1v) is 20.7. The van der Waals surface area contributed by atoms with Gasteiger partial charge in [0, 0.05) is 27.5 Å². The van der Waals surface area contributed by atoms with E-state index < -0.39 is 8.07 Å². The monoisotopic (exact) mass is 683 g/mol. The van der Waals surface area contributed by atoms with Gasteiger partial charge in [0.15, 0.2) is 17.5 Å². The third-order valence-corrected chi connectivity index (χ3v) is 14.1. The molecule has 52 heavy (non-hydrogen) atoms. The number of benzene rings is 7. The highest BCUT2D eigenvalue weighted by molar-refractivity contribution is 7.04. The van der Waals surface area contributed by atoms with E-state index in [4.69, 9.17) is 19.4 Å². The first-order chi connectivity index (χ1) is 25.5. The average molecular weight is 684 g/mol. The Morgan fingerprint density at radius 1 is 0.404 bits per heavy atom. The number of hydrogen-bond acceptors (Lipinski definition) is 4. The van der Waals surface area contributed by atoms with Crippen LogP contribution < -0.4 is 10.4 Å². The second-order valence-electron chi connectivity index (χ2n) is 14.0. The van der Waals surface area contributed by atoms with Gasteiger partial charge in [-0.15, -0.1) is 0 Å². The molecule has 0 saturated carbocycles. The third kappa shape index (κ3) is 4.85. The Morgan fingerprint density at radius 3 is 1.69 bits per heavy atom. The van der Waals surface area contributed by atoms with E-state index in [-0.39, 0.29) is 0 Å². The Kier molecular flexibility index (Phi) is 6.91. The van der Waals surface area contributed by atoms with E-state index in [0.717, 1.165) is 49.8 Å². The fourth-order valence-electron chi connectivity index (χ4n) is 7.96. The maximum absolute atomic E-state index is 6.44. The van der Waals surface area contributed by atoms with Crippen LogP contribution >= 0.6 is 0 Å². The Hall–Kier alpha value is -6.43. The van der Waals surface area contributed by atoms with Gasteiger partial charge in [0.05, 0.1) is 0 Å². The fraction of sp³-hybridized carbons (Fsp3) is 0.0426. The van der Waals surface area contributed by atoms with E-state index in [1.165, 1.54) is 32.6 Å². The molecule has 1 aliphatic rings. The first-order valence-electron chi connectivity index (χ1n) is 17.7. The number of aromatic nitrogens is 3. The molecule has 0 saturated heterocycles. The summed E-state index contributed by atoms with van der Waals surface area (Å²) in [6.07, 6.45) is 0. The van der Waals surface area contributed by atoms with Crippen molar-refractivity contribution >= 4 is 40.4 Å². The summed E-state index contributed by atoms with van der Waals surface area (Å²) in [5, 5.41) is 4.88. The predicted octanol–water partition coefficient (Wildman–Crippen LogP) is 10.9. The number of nitrogens with zero attached hydrogens (tertiary/aromatic N) is 3. The van der Waals surface area contributed by atoms with Crippen molar-refractivity contribution in [3.63, 3.8) is 0 Å². The van der Waals surface area contributed by atoms with Crippen molar-refractivity contribution in [3.8, 4) is 67.5 Å². The lowest BCUT2D eigenvalue weighted by Gasteiger charge is -2.19. The van der Waals surface area contributed by atoms with Gasteiger partial charge in [-0.25, -0.2) is 15.0 Å². The summed E-state index contributed by atoms with van der Waals surface area (Å²) >= 11 is 0. The molecule has 0 radical (unpaired) electrons. The molecule has 246 valence electrons. The summed E-state index contributed by atoms with van der Waals surface area (Å²) in [7, 11) is -2.00. The van der Waals surface area contributed by atoms with Gasteiger partial charge in [-0.05, 0) is 68.0 Å². The molecule has 4 nitrogen and oxygen atoms in total. The van der Waals surface area contributed by atoms with Crippen LogP contribution in [-0.4, -0.2) is 23.0 Å². The van der Waals surface area contributed by atoms with Crippen LogP contribution in [0.4, 0.5) is 0 Å². The molecule has 0 unspecified atom stereocenters. The summed E-state index contributed by atoms with van der Waals surface area (Å²) in [4.78, 5) is 15.8. The van der Waals surface area contributed by atoms with E-state index in [1.807, 2.05) is 36.4 Å². The minimum absolute atomic E-state index is 0.618. The second kappa shape index (κ2) is 11.8. The quantitative estimate of drug-likeness (QED) is 0.169. The van der Waals surface area contributed by atoms with Crippen LogP contribution in [0.2, 0.25) is 13.1 Å². The van der Waals surface area contributed by atoms with E-state index >= 15 is 0 Å². The van der Waals surface area contributed by atoms with Crippen molar-refractivity contribution in [2.45, 2.75) is 13.1 Å². The van der Waals surface area contributed by atoms with Gasteiger partial charge in [0.1, 0.15) is 19.2 Å². The molecule has 0 aliphatic carbocycles. The summed E-state index contributed by atoms with van der Waals surface area (Å²) in [6.45, 7) is 4.90. The smallest absolute Gasteiger partial charge is 0.164 e. The lowest BCUT2D eigenvalue weighted by Crippen LogP contribution is -2.49. The van der Waals surface area contributed by atoms with Crippen LogP contribution in [-0.2, 0) is 0 Å². The normalized spacial score (nSPS) is 13.0. The lowest BCUT2D eigenvalue weighted by molar-refractivity contribution is 0.669. The van der Waals surface area contributed by atoms with Crippen LogP contribution in [0.15, 0.2) is 168 Å². The molecule has 0 fully saturated rings. The van der Waals surface area contributed by atoms with Crippen molar-refractivity contribution in [2.75, 3.05) is 0 Å². The summed E-state index contributed by atoms with van der Waals surface area (Å²) in [6, 6.07) is 57.6. The van der Waals surface area contributed by atoms with Crippen molar-refractivity contribution in [2.24, 2.45) is 0 Å². The van der Waals surface area contributed by atoms with Gasteiger partial charge in [0.25, 0.3) is 0 Å². The maximum atomic E-state index is 6.44. The zero-order valence-corrected chi connectivity index (χ0v) is 29.8. The van der Waals surface area contributed by atoms with Gasteiger partial charge in [-0.2, -0.15) is 0 Å². The highest BCUT2D eigenvalue weighted by Gasteiger charge is 2.39. The largest absolute Gasteiger partial charge is 0.456 e. The number of furan rings is 1. The van der Waals surface area contributed by atoms with Gasteiger partial charge in [-0.1, -0.05) is 153 Å². The zero-order chi connectivity index (χ0) is 34.8. The summed E-state index contributed by atoms with van der Waals surface area (Å²) < 4.78 is 6.44. The van der Waals surface area contributed by atoms with Crippen molar-refractivity contribution in [3.05, 3.63) is 164 Å². The molecule has 0 amide bonds. The molecule has 9 aromatic rings. The van der Waals surface area contributed by atoms with Gasteiger partial charge in [0.2, 0.25) is 0 Å². The fourth-order valence-corrected chi connectivity index (χ4v) is 11.0. The first kappa shape index (κ1) is 30.4. The maximum Gasteiger partial charge on any atom is 0.164 e. The van der Waals surface area contributed by atoms with Crippen LogP contribution in [0, 0.1) is 0 Å². The number of rotatable bonds is 5. The minimum atomic E-state index is -2.00. The molecule has 2 aromatic heterocycles. The molecule has 0 bridgehead atoms. The molecular weight excluding hydrogens is 651 g/mol. The number of hydrogen-bond donors (Lipinski definition) is 0. The average Bonchev–Trinajstić information content (AvgIpc) is 3.70. The third-order valence-electron chi connectivity index (χ3n) is 10.6.